The van der Waals surface area contributed by atoms with Crippen LogP contribution in [0.4, 0.5) is 11.4 Å². The Hall–Kier alpha value is -1.59. The summed E-state index contributed by atoms with van der Waals surface area (Å²) in [6, 6.07) is 12.7. The van der Waals surface area contributed by atoms with Crippen molar-refractivity contribution >= 4 is 44.5 Å². The lowest BCUT2D eigenvalue weighted by molar-refractivity contribution is 0.475. The number of phenolic OH excluding ortho intramolecular Hbond substituents is 1. The summed E-state index contributed by atoms with van der Waals surface area (Å²) >= 11 is 8.50. The molecule has 98 valence electrons. The van der Waals surface area contributed by atoms with E-state index in [0.717, 1.165) is 21.4 Å². The first kappa shape index (κ1) is 13.8. The zero-order valence-corrected chi connectivity index (χ0v) is 12.7. The molecule has 0 aromatic heterocycles. The molecule has 3 N–H and O–H groups in total. The van der Waals surface area contributed by atoms with Gasteiger partial charge in [-0.25, -0.2) is 0 Å². The molecule has 19 heavy (non-hydrogen) atoms. The van der Waals surface area contributed by atoms with Crippen molar-refractivity contribution in [2.75, 3.05) is 11.9 Å². The molecule has 0 heterocycles. The largest absolute Gasteiger partial charge is 0.508 e. The molecule has 2 aromatic carbocycles. The molecule has 2 aromatic rings. The Morgan fingerprint density at radius 3 is 2.42 bits per heavy atom. The van der Waals surface area contributed by atoms with Crippen molar-refractivity contribution in [1.29, 1.82) is 0 Å². The number of hydrogen-bond acceptors (Lipinski definition) is 3. The number of benzene rings is 2. The first-order valence-corrected chi connectivity index (χ1v) is 6.81. The molecule has 0 fully saturated rings. The Morgan fingerprint density at radius 1 is 1.21 bits per heavy atom. The Morgan fingerprint density at radius 2 is 1.84 bits per heavy atom. The smallest absolute Gasteiger partial charge is 0.115 e. The molecule has 0 amide bonds. The van der Waals surface area contributed by atoms with Gasteiger partial charge in [0.25, 0.3) is 0 Å². The van der Waals surface area contributed by atoms with Crippen molar-refractivity contribution in [1.82, 2.24) is 0 Å². The van der Waals surface area contributed by atoms with Crippen LogP contribution in [0.25, 0.3) is 0 Å². The van der Waals surface area contributed by atoms with E-state index in [0.29, 0.717) is 4.99 Å². The number of thiocarbonyl (C=S) groups is 1. The fourth-order valence-corrected chi connectivity index (χ4v) is 2.34. The van der Waals surface area contributed by atoms with Crippen molar-refractivity contribution in [3.05, 3.63) is 52.5 Å². The number of phenols is 1. The maximum atomic E-state index is 9.32. The van der Waals surface area contributed by atoms with E-state index in [9.17, 15) is 5.11 Å². The van der Waals surface area contributed by atoms with Gasteiger partial charge in [0.15, 0.2) is 0 Å². The first-order chi connectivity index (χ1) is 8.99. The lowest BCUT2D eigenvalue weighted by Crippen LogP contribution is -2.17. The van der Waals surface area contributed by atoms with E-state index in [1.54, 1.807) is 12.1 Å². The molecule has 0 aliphatic heterocycles. The van der Waals surface area contributed by atoms with Crippen LogP contribution in [0.15, 0.2) is 46.9 Å². The lowest BCUT2D eigenvalue weighted by atomic mass is 10.1. The SMILES string of the molecule is CN(c1ccc(O)cc1)c1ccc(Br)cc1C(N)=S. The molecule has 0 unspecified atom stereocenters. The molecule has 0 radical (unpaired) electrons. The van der Waals surface area contributed by atoms with E-state index in [1.807, 2.05) is 42.3 Å². The number of nitrogens with zero attached hydrogens (tertiary/aromatic N) is 1. The quantitative estimate of drug-likeness (QED) is 0.841. The van der Waals surface area contributed by atoms with Gasteiger partial charge >= 0.3 is 0 Å². The highest BCUT2D eigenvalue weighted by Gasteiger charge is 2.11. The highest BCUT2D eigenvalue weighted by molar-refractivity contribution is 9.10. The first-order valence-electron chi connectivity index (χ1n) is 5.61. The minimum absolute atomic E-state index is 0.238. The van der Waals surface area contributed by atoms with Crippen LogP contribution in [0.2, 0.25) is 0 Å². The van der Waals surface area contributed by atoms with Gasteiger partial charge in [0.1, 0.15) is 10.7 Å². The Bertz CT molecular complexity index is 613. The fraction of sp³-hybridized carbons (Fsp3) is 0.0714. The number of rotatable bonds is 3. The number of anilines is 2. The maximum absolute atomic E-state index is 9.32. The Kier molecular flexibility index (Phi) is 4.07. The molecule has 0 spiro atoms. The number of halogens is 1. The van der Waals surface area contributed by atoms with Gasteiger partial charge in [-0.1, -0.05) is 28.1 Å². The van der Waals surface area contributed by atoms with Crippen LogP contribution < -0.4 is 10.6 Å². The Balaban J connectivity index is 2.46. The second kappa shape index (κ2) is 5.59. The van der Waals surface area contributed by atoms with Crippen LogP contribution in [0.5, 0.6) is 5.75 Å². The molecule has 0 bridgehead atoms. The van der Waals surface area contributed by atoms with E-state index in [1.165, 1.54) is 0 Å². The van der Waals surface area contributed by atoms with Gasteiger partial charge in [0, 0.05) is 22.8 Å². The topological polar surface area (TPSA) is 49.5 Å². The molecule has 0 aliphatic rings. The van der Waals surface area contributed by atoms with Crippen molar-refractivity contribution < 1.29 is 5.11 Å². The van der Waals surface area contributed by atoms with Crippen molar-refractivity contribution in [2.45, 2.75) is 0 Å². The third-order valence-corrected chi connectivity index (χ3v) is 3.54. The third kappa shape index (κ3) is 3.05. The monoisotopic (exact) mass is 336 g/mol. The minimum Gasteiger partial charge on any atom is -0.508 e. The highest BCUT2D eigenvalue weighted by Crippen LogP contribution is 2.30. The summed E-state index contributed by atoms with van der Waals surface area (Å²) in [4.78, 5) is 2.32. The molecule has 0 saturated carbocycles. The van der Waals surface area contributed by atoms with Crippen molar-refractivity contribution in [2.24, 2.45) is 5.73 Å². The fourth-order valence-electron chi connectivity index (χ4n) is 1.81. The standard InChI is InChI=1S/C14H13BrN2OS/c1-17(10-3-5-11(18)6-4-10)13-7-2-9(15)8-12(13)14(16)19/h2-8,18H,1H3,(H2,16,19). The van der Waals surface area contributed by atoms with Crippen LogP contribution in [-0.2, 0) is 0 Å². The van der Waals surface area contributed by atoms with Gasteiger partial charge < -0.3 is 15.7 Å². The van der Waals surface area contributed by atoms with Gasteiger partial charge in [-0.05, 0) is 42.5 Å². The van der Waals surface area contributed by atoms with Crippen molar-refractivity contribution in [3.63, 3.8) is 0 Å². The Labute approximate surface area is 125 Å². The third-order valence-electron chi connectivity index (χ3n) is 2.82. The van der Waals surface area contributed by atoms with Crippen LogP contribution in [0, 0.1) is 0 Å². The van der Waals surface area contributed by atoms with Crippen LogP contribution >= 0.6 is 28.1 Å². The van der Waals surface area contributed by atoms with Crippen LogP contribution in [0.3, 0.4) is 0 Å². The predicted octanol–water partition coefficient (Wildman–Crippen LogP) is 3.56. The average Bonchev–Trinajstić information content (AvgIpc) is 2.38. The highest BCUT2D eigenvalue weighted by atomic mass is 79.9. The molecule has 3 nitrogen and oxygen atoms in total. The number of nitrogens with two attached hydrogens (primary N) is 1. The van der Waals surface area contributed by atoms with E-state index >= 15 is 0 Å². The summed E-state index contributed by atoms with van der Waals surface area (Å²) in [6.07, 6.45) is 0. The van der Waals surface area contributed by atoms with Gasteiger partial charge in [-0.3, -0.25) is 0 Å². The number of hydrogen-bond donors (Lipinski definition) is 2. The molecular formula is C14H13BrN2OS. The summed E-state index contributed by atoms with van der Waals surface area (Å²) in [5.74, 6) is 0.238. The van der Waals surface area contributed by atoms with Gasteiger partial charge in [0.2, 0.25) is 0 Å². The van der Waals surface area contributed by atoms with Gasteiger partial charge in [0.05, 0.1) is 5.69 Å². The molecule has 0 atom stereocenters. The van der Waals surface area contributed by atoms with Crippen LogP contribution in [0.1, 0.15) is 5.56 Å². The lowest BCUT2D eigenvalue weighted by Gasteiger charge is -2.22. The summed E-state index contributed by atoms with van der Waals surface area (Å²) in [5, 5.41) is 9.32. The second-order valence-electron chi connectivity index (χ2n) is 4.10. The van der Waals surface area contributed by atoms with Gasteiger partial charge in [-0.15, -0.1) is 0 Å². The zero-order chi connectivity index (χ0) is 14.0. The molecule has 5 heteroatoms. The van der Waals surface area contributed by atoms with E-state index in [4.69, 9.17) is 18.0 Å². The van der Waals surface area contributed by atoms with Crippen LogP contribution in [-0.4, -0.2) is 17.1 Å². The molecular weight excluding hydrogens is 324 g/mol. The average molecular weight is 337 g/mol. The normalized spacial score (nSPS) is 10.2. The summed E-state index contributed by atoms with van der Waals surface area (Å²) < 4.78 is 0.929. The number of aromatic hydroxyl groups is 1. The van der Waals surface area contributed by atoms with E-state index in [2.05, 4.69) is 15.9 Å². The summed E-state index contributed by atoms with van der Waals surface area (Å²) in [6.45, 7) is 0. The predicted molar refractivity (Wildman–Crippen MR) is 86.2 cm³/mol. The molecule has 0 aliphatic carbocycles. The summed E-state index contributed by atoms with van der Waals surface area (Å²) in [5.41, 5.74) is 8.43. The van der Waals surface area contributed by atoms with Gasteiger partial charge in [-0.2, -0.15) is 0 Å². The second-order valence-corrected chi connectivity index (χ2v) is 5.46. The van der Waals surface area contributed by atoms with E-state index in [-0.39, 0.29) is 5.75 Å². The molecule has 2 rings (SSSR count). The maximum Gasteiger partial charge on any atom is 0.115 e. The zero-order valence-electron chi connectivity index (χ0n) is 10.3. The summed E-state index contributed by atoms with van der Waals surface area (Å²) in [7, 11) is 1.93. The molecule has 0 saturated heterocycles. The van der Waals surface area contributed by atoms with E-state index < -0.39 is 0 Å². The van der Waals surface area contributed by atoms with Crippen molar-refractivity contribution in [3.8, 4) is 5.75 Å². The minimum atomic E-state index is 0.238.